The average molecular weight is 658 g/mol. The number of nitrogens with zero attached hydrogens (tertiary/aromatic N) is 3. The summed E-state index contributed by atoms with van der Waals surface area (Å²) in [6.07, 6.45) is -0.864. The zero-order chi connectivity index (χ0) is 33.5. The van der Waals surface area contributed by atoms with Gasteiger partial charge in [0.25, 0.3) is 0 Å². The first-order valence-electron chi connectivity index (χ1n) is 17.2. The van der Waals surface area contributed by atoms with Crippen molar-refractivity contribution in [3.05, 3.63) is 174 Å². The number of hydrogen-bond donors (Lipinski definition) is 1. The van der Waals surface area contributed by atoms with Gasteiger partial charge < -0.3 is 24.0 Å². The summed E-state index contributed by atoms with van der Waals surface area (Å²) in [5.74, 6) is 0.797. The number of aliphatic imine (C=N–C) groups is 1. The van der Waals surface area contributed by atoms with Crippen LogP contribution >= 0.6 is 0 Å². The molecule has 51 heavy (non-hydrogen) atoms. The molecule has 4 heterocycles. The molecule has 0 spiro atoms. The summed E-state index contributed by atoms with van der Waals surface area (Å²) in [5, 5.41) is 15.5. The number of hydrogen-bond acceptors (Lipinski definition) is 4. The van der Waals surface area contributed by atoms with Crippen molar-refractivity contribution in [2.24, 2.45) is 4.99 Å². The minimum atomic E-state index is -0.489. The van der Waals surface area contributed by atoms with Crippen molar-refractivity contribution in [1.82, 2.24) is 9.88 Å². The normalized spacial score (nSPS) is 16.4. The van der Waals surface area contributed by atoms with Crippen LogP contribution in [0.25, 0.3) is 82.1 Å². The number of amidine groups is 1. The predicted octanol–water partition coefficient (Wildman–Crippen LogP) is 11.8. The SMILES string of the molecule is c1ccc(C2=NC(n3c4ccccc4c4ccccc43)[N-]C(c3ccc4c(c3)oc3c4ccc4c5cccc(-c6ccccc6)c5oc43)N2)cc1. The van der Waals surface area contributed by atoms with Gasteiger partial charge in [-0.15, -0.1) is 0 Å². The molecule has 10 aromatic rings. The summed E-state index contributed by atoms with van der Waals surface area (Å²) in [5.41, 5.74) is 9.53. The zero-order valence-electron chi connectivity index (χ0n) is 27.3. The van der Waals surface area contributed by atoms with Gasteiger partial charge in [-0.2, -0.15) is 0 Å². The van der Waals surface area contributed by atoms with Crippen molar-refractivity contribution in [1.29, 1.82) is 0 Å². The number of fused-ring (bicyclic) bond motifs is 10. The number of furan rings is 2. The molecule has 3 aromatic heterocycles. The molecule has 242 valence electrons. The third-order valence-electron chi connectivity index (χ3n) is 10.2. The van der Waals surface area contributed by atoms with E-state index in [0.29, 0.717) is 0 Å². The Hall–Kier alpha value is -6.63. The molecule has 6 heteroatoms. The highest BCUT2D eigenvalue weighted by molar-refractivity contribution is 6.20. The largest absolute Gasteiger partial charge is 0.598 e. The summed E-state index contributed by atoms with van der Waals surface area (Å²) < 4.78 is 15.6. The Morgan fingerprint density at radius 2 is 1.10 bits per heavy atom. The maximum Gasteiger partial charge on any atom is 0.178 e. The summed E-state index contributed by atoms with van der Waals surface area (Å²) in [6.45, 7) is 0. The van der Waals surface area contributed by atoms with E-state index in [2.05, 4.69) is 143 Å². The van der Waals surface area contributed by atoms with Crippen LogP contribution in [0.5, 0.6) is 0 Å². The van der Waals surface area contributed by atoms with Crippen LogP contribution in [0.2, 0.25) is 0 Å². The Morgan fingerprint density at radius 3 is 1.84 bits per heavy atom. The molecule has 0 bridgehead atoms. The molecule has 0 aliphatic carbocycles. The van der Waals surface area contributed by atoms with E-state index < -0.39 is 6.29 Å². The van der Waals surface area contributed by atoms with E-state index in [9.17, 15) is 0 Å². The van der Waals surface area contributed by atoms with Crippen LogP contribution < -0.4 is 5.32 Å². The number of para-hydroxylation sites is 3. The second kappa shape index (κ2) is 10.9. The first-order chi connectivity index (χ1) is 25.3. The maximum absolute atomic E-state index is 6.70. The number of aromatic nitrogens is 1. The van der Waals surface area contributed by atoms with Gasteiger partial charge in [0.05, 0.1) is 0 Å². The minimum absolute atomic E-state index is 0.375. The van der Waals surface area contributed by atoms with Crippen LogP contribution in [-0.2, 0) is 0 Å². The van der Waals surface area contributed by atoms with Crippen LogP contribution in [-0.4, -0.2) is 10.4 Å². The van der Waals surface area contributed by atoms with Crippen molar-refractivity contribution in [2.45, 2.75) is 12.5 Å². The molecule has 7 aromatic carbocycles. The molecule has 0 saturated carbocycles. The molecule has 6 nitrogen and oxygen atoms in total. The van der Waals surface area contributed by atoms with Crippen molar-refractivity contribution < 1.29 is 8.83 Å². The fraction of sp³-hybridized carbons (Fsp3) is 0.0444. The van der Waals surface area contributed by atoms with Gasteiger partial charge in [0, 0.05) is 60.8 Å². The van der Waals surface area contributed by atoms with Crippen LogP contribution in [0, 0.1) is 0 Å². The summed E-state index contributed by atoms with van der Waals surface area (Å²) in [7, 11) is 0. The lowest BCUT2D eigenvalue weighted by Gasteiger charge is -2.44. The smallest absolute Gasteiger partial charge is 0.178 e. The monoisotopic (exact) mass is 657 g/mol. The van der Waals surface area contributed by atoms with E-state index in [-0.39, 0.29) is 6.17 Å². The zero-order valence-corrected chi connectivity index (χ0v) is 27.3. The average Bonchev–Trinajstić information content (AvgIpc) is 3.88. The van der Waals surface area contributed by atoms with E-state index in [1.165, 1.54) is 10.8 Å². The Bertz CT molecular complexity index is 2940. The minimum Gasteiger partial charge on any atom is -0.598 e. The molecule has 0 amide bonds. The molecule has 0 radical (unpaired) electrons. The molecule has 1 aliphatic heterocycles. The lowest BCUT2D eigenvalue weighted by atomic mass is 10.0. The van der Waals surface area contributed by atoms with E-state index in [1.807, 2.05) is 24.3 Å². The lowest BCUT2D eigenvalue weighted by molar-refractivity contribution is 0.539. The Kier molecular flexibility index (Phi) is 6.05. The molecular formula is C45H29N4O2-. The van der Waals surface area contributed by atoms with Gasteiger partial charge in [-0.3, -0.25) is 4.99 Å². The van der Waals surface area contributed by atoms with Crippen molar-refractivity contribution in [2.75, 3.05) is 0 Å². The van der Waals surface area contributed by atoms with Crippen LogP contribution in [0.4, 0.5) is 0 Å². The first kappa shape index (κ1) is 28.2. The van der Waals surface area contributed by atoms with Gasteiger partial charge >= 0.3 is 0 Å². The van der Waals surface area contributed by atoms with E-state index >= 15 is 0 Å². The van der Waals surface area contributed by atoms with E-state index in [4.69, 9.17) is 19.1 Å². The molecule has 0 saturated heterocycles. The first-order valence-corrected chi connectivity index (χ1v) is 17.2. The van der Waals surface area contributed by atoms with Crippen LogP contribution in [0.3, 0.4) is 0 Å². The third-order valence-corrected chi connectivity index (χ3v) is 10.2. The molecular weight excluding hydrogens is 629 g/mol. The Morgan fingerprint density at radius 1 is 0.510 bits per heavy atom. The summed E-state index contributed by atoms with van der Waals surface area (Å²) >= 11 is 0. The lowest BCUT2D eigenvalue weighted by Crippen LogP contribution is -2.35. The van der Waals surface area contributed by atoms with Crippen molar-refractivity contribution in [3.63, 3.8) is 0 Å². The third kappa shape index (κ3) is 4.30. The Balaban J connectivity index is 1.05. The second-order valence-electron chi connectivity index (χ2n) is 13.1. The van der Waals surface area contributed by atoms with Gasteiger partial charge in [-0.25, -0.2) is 0 Å². The van der Waals surface area contributed by atoms with Gasteiger partial charge in [0.15, 0.2) is 11.2 Å². The maximum atomic E-state index is 6.70. The van der Waals surface area contributed by atoms with Crippen molar-refractivity contribution >= 4 is 71.5 Å². The van der Waals surface area contributed by atoms with Gasteiger partial charge in [-0.1, -0.05) is 127 Å². The fourth-order valence-corrected chi connectivity index (χ4v) is 7.86. The molecule has 2 atom stereocenters. The second-order valence-corrected chi connectivity index (χ2v) is 13.1. The highest BCUT2D eigenvalue weighted by Crippen LogP contribution is 2.43. The summed E-state index contributed by atoms with van der Waals surface area (Å²) in [4.78, 5) is 5.22. The van der Waals surface area contributed by atoms with Crippen LogP contribution in [0.1, 0.15) is 23.6 Å². The number of nitrogens with one attached hydrogen (secondary N) is 1. The van der Waals surface area contributed by atoms with Crippen LogP contribution in [0.15, 0.2) is 172 Å². The molecule has 1 N–H and O–H groups in total. The van der Waals surface area contributed by atoms with Gasteiger partial charge in [0.1, 0.15) is 17.0 Å². The standard InChI is InChI=1S/C45H29N4O2/c1-3-12-27(13-4-1)30-18-11-19-34-36-25-24-35-33-23-22-29(26-39(33)50-41(35)42(36)51-40(30)34)44-46-43(28-14-5-2-6-15-28)47-45(48-44)49-37-20-9-7-16-31(37)32-17-8-10-21-38(32)49/h1-26,44-45H,(H,46,47)/q-1. The van der Waals surface area contributed by atoms with Crippen molar-refractivity contribution in [3.8, 4) is 11.1 Å². The number of rotatable bonds is 4. The highest BCUT2D eigenvalue weighted by Gasteiger charge is 2.22. The summed E-state index contributed by atoms with van der Waals surface area (Å²) in [6, 6.07) is 54.6. The Labute approximate surface area is 292 Å². The van der Waals surface area contributed by atoms with E-state index in [0.717, 1.165) is 83.0 Å². The molecule has 1 aliphatic rings. The molecule has 0 fully saturated rings. The van der Waals surface area contributed by atoms with Gasteiger partial charge in [0.2, 0.25) is 0 Å². The quantitative estimate of drug-likeness (QED) is 0.205. The highest BCUT2D eigenvalue weighted by atomic mass is 16.4. The van der Waals surface area contributed by atoms with E-state index in [1.54, 1.807) is 0 Å². The predicted molar refractivity (Wildman–Crippen MR) is 207 cm³/mol. The fourth-order valence-electron chi connectivity index (χ4n) is 7.86. The number of benzene rings is 7. The topological polar surface area (TPSA) is 69.7 Å². The van der Waals surface area contributed by atoms with Gasteiger partial charge in [-0.05, 0) is 47.6 Å². The molecule has 2 unspecified atom stereocenters. The molecule has 11 rings (SSSR count).